The van der Waals surface area contributed by atoms with Crippen molar-refractivity contribution in [3.63, 3.8) is 0 Å². The number of anilines is 1. The number of aromatic nitrogens is 2. The minimum Gasteiger partial charge on any atom is -0.393 e. The van der Waals surface area contributed by atoms with E-state index in [2.05, 4.69) is 15.3 Å². The summed E-state index contributed by atoms with van der Waals surface area (Å²) >= 11 is 0. The van der Waals surface area contributed by atoms with Gasteiger partial charge >= 0.3 is 0 Å². The van der Waals surface area contributed by atoms with Crippen molar-refractivity contribution in [2.24, 2.45) is 11.7 Å². The van der Waals surface area contributed by atoms with Crippen molar-refractivity contribution in [1.82, 2.24) is 9.97 Å². The van der Waals surface area contributed by atoms with Crippen LogP contribution in [0.5, 0.6) is 0 Å². The number of rotatable bonds is 5. The molecule has 6 heteroatoms. The number of aliphatic hydroxyl groups excluding tert-OH is 1. The molecule has 0 spiro atoms. The molecule has 0 aromatic carbocycles. The summed E-state index contributed by atoms with van der Waals surface area (Å²) in [5.41, 5.74) is 6.50. The Kier molecular flexibility index (Phi) is 4.02. The lowest BCUT2D eigenvalue weighted by atomic mass is 9.76. The second kappa shape index (κ2) is 6.11. The van der Waals surface area contributed by atoms with Crippen LogP contribution in [0.1, 0.15) is 34.9 Å². The van der Waals surface area contributed by atoms with Crippen molar-refractivity contribution in [3.05, 3.63) is 54.0 Å². The maximum Gasteiger partial charge on any atom is 0.250 e. The molecule has 2 heterocycles. The van der Waals surface area contributed by atoms with E-state index in [0.717, 1.165) is 18.5 Å². The molecule has 0 bridgehead atoms. The Morgan fingerprint density at radius 2 is 2.09 bits per heavy atom. The van der Waals surface area contributed by atoms with Gasteiger partial charge in [0, 0.05) is 12.4 Å². The fourth-order valence-electron chi connectivity index (χ4n) is 2.68. The molecule has 0 unspecified atom stereocenters. The molecule has 2 aromatic rings. The third-order valence-electron chi connectivity index (χ3n) is 3.98. The number of hydrogen-bond acceptors (Lipinski definition) is 5. The van der Waals surface area contributed by atoms with E-state index in [-0.39, 0.29) is 12.1 Å². The molecule has 22 heavy (non-hydrogen) atoms. The van der Waals surface area contributed by atoms with Crippen LogP contribution in [0.3, 0.4) is 0 Å². The van der Waals surface area contributed by atoms with E-state index in [0.29, 0.717) is 17.3 Å². The van der Waals surface area contributed by atoms with Gasteiger partial charge in [0.2, 0.25) is 5.91 Å². The van der Waals surface area contributed by atoms with E-state index in [9.17, 15) is 9.90 Å². The minimum atomic E-state index is -0.498. The Morgan fingerprint density at radius 1 is 1.27 bits per heavy atom. The van der Waals surface area contributed by atoms with Gasteiger partial charge in [-0.1, -0.05) is 6.07 Å². The fourth-order valence-corrected chi connectivity index (χ4v) is 2.68. The lowest BCUT2D eigenvalue weighted by Gasteiger charge is -2.38. The van der Waals surface area contributed by atoms with Crippen molar-refractivity contribution in [2.75, 3.05) is 5.32 Å². The molecule has 1 amide bonds. The number of aliphatic hydroxyl groups is 1. The topological polar surface area (TPSA) is 101 Å². The number of hydrogen-bond donors (Lipinski definition) is 3. The van der Waals surface area contributed by atoms with Gasteiger partial charge in [0.05, 0.1) is 23.4 Å². The molecule has 114 valence electrons. The maximum atomic E-state index is 11.1. The first-order chi connectivity index (χ1) is 10.6. The number of pyridine rings is 2. The summed E-state index contributed by atoms with van der Waals surface area (Å²) in [5.74, 6) is 0.465. The standard InChI is InChI=1S/C16H18N4O2/c17-16(22)10-4-5-14(19-9-10)20-15(11-7-12(21)8-11)13-3-1-2-6-18-13/h1-6,9,11-12,15,21H,7-8H2,(H2,17,22)(H,19,20)/t11?,12?,15-/m0/s1. The molecule has 0 saturated heterocycles. The van der Waals surface area contributed by atoms with Gasteiger partial charge in [-0.25, -0.2) is 4.98 Å². The van der Waals surface area contributed by atoms with Gasteiger partial charge in [-0.2, -0.15) is 0 Å². The van der Waals surface area contributed by atoms with E-state index < -0.39 is 5.91 Å². The quantitative estimate of drug-likeness (QED) is 0.776. The smallest absolute Gasteiger partial charge is 0.250 e. The molecule has 2 aromatic heterocycles. The van der Waals surface area contributed by atoms with E-state index in [1.54, 1.807) is 18.3 Å². The van der Waals surface area contributed by atoms with Crippen LogP contribution in [0.15, 0.2) is 42.7 Å². The first-order valence-corrected chi connectivity index (χ1v) is 7.25. The Morgan fingerprint density at radius 3 is 2.64 bits per heavy atom. The predicted octanol–water partition coefficient (Wildman–Crippen LogP) is 1.50. The molecule has 1 atom stereocenters. The third kappa shape index (κ3) is 3.07. The number of carbonyl (C=O) groups is 1. The summed E-state index contributed by atoms with van der Waals surface area (Å²) in [5, 5.41) is 12.9. The molecular formula is C16H18N4O2. The van der Waals surface area contributed by atoms with Crippen LogP contribution in [0.25, 0.3) is 0 Å². The van der Waals surface area contributed by atoms with Gasteiger partial charge in [0.1, 0.15) is 5.82 Å². The summed E-state index contributed by atoms with van der Waals surface area (Å²) in [7, 11) is 0. The molecule has 0 aliphatic heterocycles. The molecular weight excluding hydrogens is 280 g/mol. The van der Waals surface area contributed by atoms with Gasteiger partial charge < -0.3 is 16.2 Å². The van der Waals surface area contributed by atoms with Crippen LogP contribution in [0.4, 0.5) is 5.82 Å². The van der Waals surface area contributed by atoms with Crippen molar-refractivity contribution < 1.29 is 9.90 Å². The lowest BCUT2D eigenvalue weighted by molar-refractivity contribution is 0.0333. The third-order valence-corrected chi connectivity index (χ3v) is 3.98. The predicted molar refractivity (Wildman–Crippen MR) is 82.1 cm³/mol. The number of nitrogens with zero attached hydrogens (tertiary/aromatic N) is 2. The number of amides is 1. The SMILES string of the molecule is NC(=O)c1ccc(N[C@H](c2ccccn2)C2CC(O)C2)nc1. The summed E-state index contributed by atoms with van der Waals surface area (Å²) in [6, 6.07) is 9.12. The van der Waals surface area contributed by atoms with Gasteiger partial charge in [-0.15, -0.1) is 0 Å². The Bertz CT molecular complexity index is 639. The highest BCUT2D eigenvalue weighted by atomic mass is 16.3. The zero-order valence-electron chi connectivity index (χ0n) is 12.0. The Balaban J connectivity index is 1.79. The highest BCUT2D eigenvalue weighted by Gasteiger charge is 2.35. The van der Waals surface area contributed by atoms with Crippen LogP contribution in [0.2, 0.25) is 0 Å². The zero-order valence-corrected chi connectivity index (χ0v) is 12.0. The van der Waals surface area contributed by atoms with Gasteiger partial charge in [-0.3, -0.25) is 9.78 Å². The largest absolute Gasteiger partial charge is 0.393 e. The molecule has 1 aliphatic rings. The van der Waals surface area contributed by atoms with Crippen molar-refractivity contribution in [2.45, 2.75) is 25.0 Å². The van der Waals surface area contributed by atoms with Crippen molar-refractivity contribution in [3.8, 4) is 0 Å². The van der Waals surface area contributed by atoms with Crippen LogP contribution in [-0.4, -0.2) is 27.1 Å². The molecule has 1 saturated carbocycles. The van der Waals surface area contributed by atoms with E-state index in [4.69, 9.17) is 5.73 Å². The van der Waals surface area contributed by atoms with Gasteiger partial charge in [-0.05, 0) is 43.0 Å². The van der Waals surface area contributed by atoms with E-state index in [1.807, 2.05) is 18.2 Å². The zero-order chi connectivity index (χ0) is 15.5. The molecule has 0 radical (unpaired) electrons. The van der Waals surface area contributed by atoms with Gasteiger partial charge in [0.25, 0.3) is 0 Å². The molecule has 6 nitrogen and oxygen atoms in total. The Labute approximate surface area is 128 Å². The average molecular weight is 298 g/mol. The van der Waals surface area contributed by atoms with E-state index in [1.165, 1.54) is 6.20 Å². The van der Waals surface area contributed by atoms with Crippen molar-refractivity contribution in [1.29, 1.82) is 0 Å². The highest BCUT2D eigenvalue weighted by molar-refractivity contribution is 5.92. The second-order valence-electron chi connectivity index (χ2n) is 5.56. The highest BCUT2D eigenvalue weighted by Crippen LogP contribution is 2.39. The lowest BCUT2D eigenvalue weighted by Crippen LogP contribution is -2.36. The van der Waals surface area contributed by atoms with Gasteiger partial charge in [0.15, 0.2) is 0 Å². The number of nitrogens with one attached hydrogen (secondary N) is 1. The molecule has 1 aliphatic carbocycles. The van der Waals surface area contributed by atoms with Crippen LogP contribution in [0, 0.1) is 5.92 Å². The number of carbonyl (C=O) groups excluding carboxylic acids is 1. The minimum absolute atomic E-state index is 0.0171. The normalized spacial score (nSPS) is 21.7. The molecule has 3 rings (SSSR count). The van der Waals surface area contributed by atoms with E-state index >= 15 is 0 Å². The number of primary amides is 1. The van der Waals surface area contributed by atoms with Crippen LogP contribution >= 0.6 is 0 Å². The molecule has 4 N–H and O–H groups in total. The first-order valence-electron chi connectivity index (χ1n) is 7.25. The number of nitrogens with two attached hydrogens (primary N) is 1. The van der Waals surface area contributed by atoms with Crippen LogP contribution < -0.4 is 11.1 Å². The second-order valence-corrected chi connectivity index (χ2v) is 5.56. The fraction of sp³-hybridized carbons (Fsp3) is 0.312. The summed E-state index contributed by atoms with van der Waals surface area (Å²) in [6.45, 7) is 0. The summed E-state index contributed by atoms with van der Waals surface area (Å²) in [4.78, 5) is 19.7. The Hall–Kier alpha value is -2.47. The monoisotopic (exact) mass is 298 g/mol. The molecule has 1 fully saturated rings. The maximum absolute atomic E-state index is 11.1. The first kappa shape index (κ1) is 14.5. The summed E-state index contributed by atoms with van der Waals surface area (Å²) < 4.78 is 0. The summed E-state index contributed by atoms with van der Waals surface area (Å²) in [6.07, 6.45) is 4.46. The van der Waals surface area contributed by atoms with Crippen molar-refractivity contribution >= 4 is 11.7 Å². The average Bonchev–Trinajstić information content (AvgIpc) is 2.51. The van der Waals surface area contributed by atoms with Crippen LogP contribution in [-0.2, 0) is 0 Å².